The molecule has 25 heavy (non-hydrogen) atoms. The maximum Gasteiger partial charge on any atom is 0.255 e. The molecular formula is C18H21ClN2O3S. The van der Waals surface area contributed by atoms with E-state index < -0.39 is 15.9 Å². The molecule has 0 saturated carbocycles. The number of hydrogen-bond acceptors (Lipinski definition) is 3. The number of amides is 1. The van der Waals surface area contributed by atoms with Gasteiger partial charge in [-0.2, -0.15) is 4.31 Å². The summed E-state index contributed by atoms with van der Waals surface area (Å²) in [5, 5.41) is 2.85. The van der Waals surface area contributed by atoms with Crippen LogP contribution in [0, 0.1) is 6.92 Å². The first kappa shape index (κ1) is 19.4. The van der Waals surface area contributed by atoms with Crippen LogP contribution in [-0.2, 0) is 10.0 Å². The van der Waals surface area contributed by atoms with Gasteiger partial charge in [-0.05, 0) is 37.3 Å². The minimum Gasteiger partial charge on any atom is -0.322 e. The topological polar surface area (TPSA) is 66.5 Å². The van der Waals surface area contributed by atoms with Crippen LogP contribution in [0.2, 0.25) is 5.02 Å². The molecule has 0 atom stereocenters. The molecule has 2 rings (SSSR count). The number of nitrogens with zero attached hydrogens (tertiary/aromatic N) is 1. The normalized spacial score (nSPS) is 11.6. The van der Waals surface area contributed by atoms with Crippen molar-refractivity contribution in [3.63, 3.8) is 0 Å². The molecule has 2 aromatic carbocycles. The van der Waals surface area contributed by atoms with Crippen molar-refractivity contribution in [2.75, 3.05) is 18.4 Å². The molecule has 0 fully saturated rings. The van der Waals surface area contributed by atoms with E-state index in [0.29, 0.717) is 18.8 Å². The van der Waals surface area contributed by atoms with Crippen LogP contribution in [0.4, 0.5) is 5.69 Å². The number of sulfonamides is 1. The van der Waals surface area contributed by atoms with E-state index in [9.17, 15) is 13.2 Å². The Balaban J connectivity index is 2.35. The summed E-state index contributed by atoms with van der Waals surface area (Å²) in [6.45, 7) is 6.12. The number of benzene rings is 2. The van der Waals surface area contributed by atoms with Crippen molar-refractivity contribution >= 4 is 33.2 Å². The van der Waals surface area contributed by atoms with E-state index in [1.54, 1.807) is 26.0 Å². The zero-order chi connectivity index (χ0) is 18.6. The van der Waals surface area contributed by atoms with Gasteiger partial charge in [0.05, 0.1) is 5.02 Å². The summed E-state index contributed by atoms with van der Waals surface area (Å²) in [5.74, 6) is -0.392. The lowest BCUT2D eigenvalue weighted by Gasteiger charge is -2.19. The number of rotatable bonds is 6. The zero-order valence-corrected chi connectivity index (χ0v) is 16.0. The van der Waals surface area contributed by atoms with Crippen LogP contribution < -0.4 is 5.32 Å². The van der Waals surface area contributed by atoms with Crippen molar-refractivity contribution < 1.29 is 13.2 Å². The molecule has 1 N–H and O–H groups in total. The molecule has 0 heterocycles. The summed E-state index contributed by atoms with van der Waals surface area (Å²) in [7, 11) is -3.74. The van der Waals surface area contributed by atoms with E-state index in [1.165, 1.54) is 22.5 Å². The summed E-state index contributed by atoms with van der Waals surface area (Å²) in [6.07, 6.45) is 0. The van der Waals surface area contributed by atoms with Gasteiger partial charge in [0.2, 0.25) is 10.0 Å². The van der Waals surface area contributed by atoms with E-state index in [4.69, 9.17) is 11.6 Å². The molecule has 0 aliphatic carbocycles. The predicted octanol–water partition coefficient (Wildman–Crippen LogP) is 3.93. The first-order chi connectivity index (χ1) is 11.8. The van der Waals surface area contributed by atoms with Crippen molar-refractivity contribution in [3.05, 3.63) is 58.6 Å². The van der Waals surface area contributed by atoms with Crippen LogP contribution in [-0.4, -0.2) is 31.7 Å². The lowest BCUT2D eigenvalue weighted by molar-refractivity contribution is 0.102. The molecule has 2 aromatic rings. The van der Waals surface area contributed by atoms with Gasteiger partial charge in [-0.1, -0.05) is 43.1 Å². The van der Waals surface area contributed by atoms with E-state index in [1.807, 2.05) is 19.1 Å². The van der Waals surface area contributed by atoms with Crippen LogP contribution in [0.5, 0.6) is 0 Å². The Kier molecular flexibility index (Phi) is 6.21. The van der Waals surface area contributed by atoms with Crippen LogP contribution in [0.25, 0.3) is 0 Å². The average molecular weight is 381 g/mol. The van der Waals surface area contributed by atoms with E-state index in [2.05, 4.69) is 5.32 Å². The fraction of sp³-hybridized carbons (Fsp3) is 0.278. The third-order valence-electron chi connectivity index (χ3n) is 3.83. The Morgan fingerprint density at radius 1 is 1.08 bits per heavy atom. The van der Waals surface area contributed by atoms with Crippen molar-refractivity contribution in [1.29, 1.82) is 0 Å². The molecule has 0 aliphatic rings. The number of carbonyl (C=O) groups excluding carboxylic acids is 1. The minimum atomic E-state index is -3.74. The van der Waals surface area contributed by atoms with Crippen LogP contribution in [0.15, 0.2) is 47.4 Å². The van der Waals surface area contributed by atoms with Crippen LogP contribution >= 0.6 is 11.6 Å². The lowest BCUT2D eigenvalue weighted by Crippen LogP contribution is -2.31. The molecule has 134 valence electrons. The fourth-order valence-corrected chi connectivity index (χ4v) is 4.34. The predicted molar refractivity (Wildman–Crippen MR) is 101 cm³/mol. The molecule has 0 spiro atoms. The van der Waals surface area contributed by atoms with Crippen molar-refractivity contribution in [3.8, 4) is 0 Å². The van der Waals surface area contributed by atoms with Gasteiger partial charge >= 0.3 is 0 Å². The molecule has 0 aliphatic heterocycles. The second-order valence-electron chi connectivity index (χ2n) is 5.55. The maximum absolute atomic E-state index is 12.7. The summed E-state index contributed by atoms with van der Waals surface area (Å²) < 4.78 is 26.7. The highest BCUT2D eigenvalue weighted by Gasteiger charge is 2.25. The van der Waals surface area contributed by atoms with Crippen molar-refractivity contribution in [2.24, 2.45) is 0 Å². The summed E-state index contributed by atoms with van der Waals surface area (Å²) in [4.78, 5) is 12.4. The highest BCUT2D eigenvalue weighted by molar-refractivity contribution is 7.89. The quantitative estimate of drug-likeness (QED) is 0.825. The number of carbonyl (C=O) groups is 1. The summed E-state index contributed by atoms with van der Waals surface area (Å²) in [6, 6.07) is 11.6. The Hall–Kier alpha value is -1.89. The van der Waals surface area contributed by atoms with E-state index in [0.717, 1.165) is 5.56 Å². The minimum absolute atomic E-state index is 0.0607. The second kappa shape index (κ2) is 7.99. The standard InChI is InChI=1S/C18H21ClN2O3S/c1-4-21(5-2)25(23,24)17-12-14(8-11-16(17)19)18(22)20-15-9-6-13(3)7-10-15/h6-12H,4-5H2,1-3H3,(H,20,22). The van der Waals surface area contributed by atoms with Gasteiger partial charge in [0, 0.05) is 24.3 Å². The SMILES string of the molecule is CCN(CC)S(=O)(=O)c1cc(C(=O)Nc2ccc(C)cc2)ccc1Cl. The molecule has 0 saturated heterocycles. The Morgan fingerprint density at radius 3 is 2.24 bits per heavy atom. The first-order valence-electron chi connectivity index (χ1n) is 7.97. The average Bonchev–Trinajstić information content (AvgIpc) is 2.58. The molecule has 5 nitrogen and oxygen atoms in total. The lowest BCUT2D eigenvalue weighted by atomic mass is 10.2. The molecule has 0 unspecified atom stereocenters. The van der Waals surface area contributed by atoms with Gasteiger partial charge in [0.1, 0.15) is 4.90 Å². The van der Waals surface area contributed by atoms with Gasteiger partial charge in [0.15, 0.2) is 0 Å². The molecule has 0 aromatic heterocycles. The third kappa shape index (κ3) is 4.39. The number of halogens is 1. The molecule has 0 bridgehead atoms. The number of anilines is 1. The monoisotopic (exact) mass is 380 g/mol. The zero-order valence-electron chi connectivity index (χ0n) is 14.4. The second-order valence-corrected chi connectivity index (χ2v) is 7.87. The van der Waals surface area contributed by atoms with Gasteiger partial charge < -0.3 is 5.32 Å². The van der Waals surface area contributed by atoms with Gasteiger partial charge in [-0.3, -0.25) is 4.79 Å². The number of aryl methyl sites for hydroxylation is 1. The maximum atomic E-state index is 12.7. The molecule has 7 heteroatoms. The largest absolute Gasteiger partial charge is 0.322 e. The Labute approximate surface area is 153 Å². The van der Waals surface area contributed by atoms with Crippen molar-refractivity contribution in [1.82, 2.24) is 4.31 Å². The van der Waals surface area contributed by atoms with Gasteiger partial charge in [-0.25, -0.2) is 8.42 Å². The van der Waals surface area contributed by atoms with Crippen molar-refractivity contribution in [2.45, 2.75) is 25.7 Å². The Morgan fingerprint density at radius 2 is 1.68 bits per heavy atom. The third-order valence-corrected chi connectivity index (χ3v) is 6.36. The number of nitrogens with one attached hydrogen (secondary N) is 1. The summed E-state index contributed by atoms with van der Waals surface area (Å²) in [5.41, 5.74) is 1.95. The van der Waals surface area contributed by atoms with E-state index in [-0.39, 0.29) is 15.5 Å². The number of hydrogen-bond donors (Lipinski definition) is 1. The highest BCUT2D eigenvalue weighted by Crippen LogP contribution is 2.26. The van der Waals surface area contributed by atoms with Gasteiger partial charge in [-0.15, -0.1) is 0 Å². The van der Waals surface area contributed by atoms with Crippen LogP contribution in [0.3, 0.4) is 0 Å². The fourth-order valence-electron chi connectivity index (χ4n) is 2.39. The van der Waals surface area contributed by atoms with Crippen LogP contribution in [0.1, 0.15) is 29.8 Å². The van der Waals surface area contributed by atoms with Gasteiger partial charge in [0.25, 0.3) is 5.91 Å². The first-order valence-corrected chi connectivity index (χ1v) is 9.79. The molecule has 1 amide bonds. The smallest absolute Gasteiger partial charge is 0.255 e. The molecular weight excluding hydrogens is 360 g/mol. The highest BCUT2D eigenvalue weighted by atomic mass is 35.5. The summed E-state index contributed by atoms with van der Waals surface area (Å²) >= 11 is 6.08. The Bertz CT molecular complexity index is 860. The molecule has 0 radical (unpaired) electrons. The van der Waals surface area contributed by atoms with E-state index >= 15 is 0 Å².